The Kier molecular flexibility index (Phi) is 8.33. The molecule has 1 aliphatic carbocycles. The molecule has 0 amide bonds. The molecule has 0 spiro atoms. The first-order valence-corrected chi connectivity index (χ1v) is 10.6. The first kappa shape index (κ1) is 23.8. The van der Waals surface area contributed by atoms with Gasteiger partial charge in [-0.05, 0) is 42.7 Å². The van der Waals surface area contributed by atoms with E-state index in [1.807, 2.05) is 42.5 Å². The quantitative estimate of drug-likeness (QED) is 0.530. The largest absolute Gasteiger partial charge is 0.508 e. The summed E-state index contributed by atoms with van der Waals surface area (Å²) in [5, 5.41) is 31.1. The minimum Gasteiger partial charge on any atom is -0.497 e. The fourth-order valence-electron chi connectivity index (χ4n) is 3.79. The summed E-state index contributed by atoms with van der Waals surface area (Å²) in [6.45, 7) is 1.67. The Morgan fingerprint density at radius 3 is 2.38 bits per heavy atom. The predicted octanol–water partition coefficient (Wildman–Crippen LogP) is 2.31. The summed E-state index contributed by atoms with van der Waals surface area (Å²) in [6, 6.07) is 15.2. The molecule has 0 bridgehead atoms. The van der Waals surface area contributed by atoms with Gasteiger partial charge in [0.1, 0.15) is 36.4 Å². The summed E-state index contributed by atoms with van der Waals surface area (Å²) in [4.78, 5) is 11.5. The Morgan fingerprint density at radius 2 is 1.69 bits per heavy atom. The molecule has 5 atom stereocenters. The molecule has 0 heterocycles. The summed E-state index contributed by atoms with van der Waals surface area (Å²) in [6.07, 6.45) is -4.83. The maximum absolute atomic E-state index is 11.5. The highest BCUT2D eigenvalue weighted by Gasteiger charge is 2.44. The third-order valence-corrected chi connectivity index (χ3v) is 5.58. The number of ether oxygens (including phenoxy) is 4. The van der Waals surface area contributed by atoms with Crippen molar-refractivity contribution in [2.24, 2.45) is 5.92 Å². The fourth-order valence-corrected chi connectivity index (χ4v) is 3.79. The molecule has 0 aliphatic heterocycles. The molecule has 2 aromatic carbocycles. The minimum absolute atomic E-state index is 0.156. The fraction of sp³-hybridized carbons (Fsp3) is 0.458. The van der Waals surface area contributed by atoms with E-state index in [1.54, 1.807) is 20.1 Å². The lowest BCUT2D eigenvalue weighted by atomic mass is 9.81. The summed E-state index contributed by atoms with van der Waals surface area (Å²) in [7, 11) is 1.62. The van der Waals surface area contributed by atoms with Gasteiger partial charge in [0.2, 0.25) is 0 Å². The van der Waals surface area contributed by atoms with Crippen molar-refractivity contribution in [1.82, 2.24) is 0 Å². The van der Waals surface area contributed by atoms with Crippen LogP contribution in [0.2, 0.25) is 0 Å². The van der Waals surface area contributed by atoms with E-state index in [4.69, 9.17) is 18.9 Å². The lowest BCUT2D eigenvalue weighted by Crippen LogP contribution is -2.56. The molecule has 0 radical (unpaired) electrons. The van der Waals surface area contributed by atoms with Crippen molar-refractivity contribution in [3.8, 4) is 11.5 Å². The summed E-state index contributed by atoms with van der Waals surface area (Å²) in [5.74, 6) is 0.727. The highest BCUT2D eigenvalue weighted by atomic mass is 16.7. The van der Waals surface area contributed by atoms with E-state index in [9.17, 15) is 20.1 Å². The van der Waals surface area contributed by atoms with Crippen LogP contribution < -0.4 is 9.47 Å². The molecule has 32 heavy (non-hydrogen) atoms. The van der Waals surface area contributed by atoms with Gasteiger partial charge in [-0.2, -0.15) is 0 Å². The van der Waals surface area contributed by atoms with Crippen LogP contribution in [0.4, 0.5) is 4.79 Å². The highest BCUT2D eigenvalue weighted by Crippen LogP contribution is 2.31. The number of hydrogen-bond acceptors (Lipinski definition) is 8. The van der Waals surface area contributed by atoms with Gasteiger partial charge in [0.15, 0.2) is 0 Å². The van der Waals surface area contributed by atoms with Crippen molar-refractivity contribution in [1.29, 1.82) is 0 Å². The van der Waals surface area contributed by atoms with Crippen LogP contribution in [0.15, 0.2) is 48.5 Å². The molecule has 0 unspecified atom stereocenters. The van der Waals surface area contributed by atoms with Gasteiger partial charge < -0.3 is 34.3 Å². The Bertz CT molecular complexity index is 869. The zero-order chi connectivity index (χ0) is 23.1. The number of carbonyl (C=O) groups excluding carboxylic acids is 1. The first-order chi connectivity index (χ1) is 15.4. The number of carbonyl (C=O) groups is 1. The molecular weight excluding hydrogens is 416 g/mol. The third-order valence-electron chi connectivity index (χ3n) is 5.58. The van der Waals surface area contributed by atoms with Gasteiger partial charge >= 0.3 is 6.16 Å². The van der Waals surface area contributed by atoms with E-state index >= 15 is 0 Å². The number of methoxy groups -OCH3 is 1. The normalized spacial score (nSPS) is 25.1. The predicted molar refractivity (Wildman–Crippen MR) is 116 cm³/mol. The Morgan fingerprint density at radius 1 is 0.969 bits per heavy atom. The van der Waals surface area contributed by atoms with Crippen LogP contribution in [0, 0.1) is 5.92 Å². The van der Waals surface area contributed by atoms with Crippen molar-refractivity contribution >= 4 is 6.16 Å². The number of aliphatic hydroxyl groups excluding tert-OH is 3. The first-order valence-electron chi connectivity index (χ1n) is 10.6. The molecule has 0 saturated heterocycles. The third kappa shape index (κ3) is 5.91. The second-order valence-electron chi connectivity index (χ2n) is 7.75. The Hall–Kier alpha value is -2.81. The van der Waals surface area contributed by atoms with E-state index in [0.717, 1.165) is 16.9 Å². The zero-order valence-electron chi connectivity index (χ0n) is 18.2. The van der Waals surface area contributed by atoms with Crippen molar-refractivity contribution in [3.05, 3.63) is 59.7 Å². The lowest BCUT2D eigenvalue weighted by Gasteiger charge is -2.40. The van der Waals surface area contributed by atoms with Gasteiger partial charge in [-0.3, -0.25) is 0 Å². The second kappa shape index (κ2) is 11.2. The van der Waals surface area contributed by atoms with Crippen molar-refractivity contribution in [2.75, 3.05) is 20.3 Å². The van der Waals surface area contributed by atoms with Crippen LogP contribution in [0.3, 0.4) is 0 Å². The number of aliphatic hydroxyl groups is 3. The molecule has 8 heteroatoms. The Labute approximate surface area is 187 Å². The van der Waals surface area contributed by atoms with Crippen molar-refractivity contribution < 1.29 is 39.1 Å². The number of hydrogen-bond donors (Lipinski definition) is 3. The smallest absolute Gasteiger partial charge is 0.497 e. The van der Waals surface area contributed by atoms with Gasteiger partial charge in [-0.25, -0.2) is 4.79 Å². The van der Waals surface area contributed by atoms with E-state index in [-0.39, 0.29) is 19.6 Å². The van der Waals surface area contributed by atoms with Crippen LogP contribution in [0.25, 0.3) is 0 Å². The molecule has 2 aromatic rings. The van der Waals surface area contributed by atoms with Gasteiger partial charge in [0, 0.05) is 12.3 Å². The molecule has 0 aromatic heterocycles. The molecule has 3 N–H and O–H groups in total. The van der Waals surface area contributed by atoms with Crippen LogP contribution in [-0.4, -0.2) is 66.2 Å². The van der Waals surface area contributed by atoms with Gasteiger partial charge in [-0.1, -0.05) is 30.3 Å². The highest BCUT2D eigenvalue weighted by molar-refractivity contribution is 5.59. The van der Waals surface area contributed by atoms with Crippen molar-refractivity contribution in [2.45, 2.75) is 44.2 Å². The average molecular weight is 446 g/mol. The second-order valence-corrected chi connectivity index (χ2v) is 7.75. The maximum Gasteiger partial charge on any atom is 0.508 e. The summed E-state index contributed by atoms with van der Waals surface area (Å²) >= 11 is 0. The zero-order valence-corrected chi connectivity index (χ0v) is 18.2. The van der Waals surface area contributed by atoms with Gasteiger partial charge in [0.25, 0.3) is 0 Å². The SMILES string of the molecule is CCOC(=O)OC[C@H]1C[C@@H](Oc2ccccc2Cc2ccc(OC)cc2)[C@H](O)[C@@H](O)[C@@H]1O. The molecule has 1 aliphatic rings. The minimum atomic E-state index is -1.43. The topological polar surface area (TPSA) is 115 Å². The maximum atomic E-state index is 11.5. The molecule has 1 saturated carbocycles. The standard InChI is InChI=1S/C24H30O8/c1-3-30-24(28)31-14-17-13-20(22(26)23(27)21(17)25)32-19-7-5-4-6-16(19)12-15-8-10-18(29-2)11-9-15/h4-11,17,20-23,25-27H,3,12-14H2,1-2H3/t17-,20-,21-,22+,23+/m1/s1. The molecule has 1 fully saturated rings. The van der Waals surface area contributed by atoms with E-state index in [2.05, 4.69) is 0 Å². The molecule has 174 valence electrons. The van der Waals surface area contributed by atoms with Gasteiger partial charge in [-0.15, -0.1) is 0 Å². The number of benzene rings is 2. The van der Waals surface area contributed by atoms with Crippen LogP contribution in [-0.2, 0) is 15.9 Å². The lowest BCUT2D eigenvalue weighted by molar-refractivity contribution is -0.158. The summed E-state index contributed by atoms with van der Waals surface area (Å²) < 4.78 is 21.0. The van der Waals surface area contributed by atoms with Gasteiger partial charge in [0.05, 0.1) is 19.8 Å². The average Bonchev–Trinajstić information content (AvgIpc) is 2.80. The van der Waals surface area contributed by atoms with E-state index < -0.39 is 36.5 Å². The molecular formula is C24H30O8. The molecule has 8 nitrogen and oxygen atoms in total. The number of rotatable bonds is 8. The number of para-hydroxylation sites is 1. The van der Waals surface area contributed by atoms with Crippen LogP contribution in [0.5, 0.6) is 11.5 Å². The van der Waals surface area contributed by atoms with Crippen molar-refractivity contribution in [3.63, 3.8) is 0 Å². The van der Waals surface area contributed by atoms with E-state index in [1.165, 1.54) is 0 Å². The van der Waals surface area contributed by atoms with Crippen LogP contribution >= 0.6 is 0 Å². The van der Waals surface area contributed by atoms with Crippen LogP contribution in [0.1, 0.15) is 24.5 Å². The van der Waals surface area contributed by atoms with E-state index in [0.29, 0.717) is 12.2 Å². The summed E-state index contributed by atoms with van der Waals surface area (Å²) in [5.41, 5.74) is 1.96. The Balaban J connectivity index is 1.71. The monoisotopic (exact) mass is 446 g/mol. The molecule has 3 rings (SSSR count).